The van der Waals surface area contributed by atoms with Crippen LogP contribution in [0, 0.1) is 11.8 Å². The summed E-state index contributed by atoms with van der Waals surface area (Å²) in [6, 6.07) is 0. The van der Waals surface area contributed by atoms with Crippen LogP contribution in [0.1, 0.15) is 52.9 Å². The van der Waals surface area contributed by atoms with Gasteiger partial charge in [0, 0.05) is 5.54 Å². The molecule has 0 spiro atoms. The van der Waals surface area contributed by atoms with Gasteiger partial charge in [0.1, 0.15) is 0 Å². The Bertz CT molecular complexity index is 174. The predicted octanol–water partition coefficient (Wildman–Crippen LogP) is 2.30. The number of hydrogen-bond donors (Lipinski definition) is 2. The Labute approximate surface area is 87.9 Å². The van der Waals surface area contributed by atoms with E-state index in [4.69, 9.17) is 5.73 Å². The molecule has 3 unspecified atom stereocenters. The highest BCUT2D eigenvalue weighted by atomic mass is 16.3. The van der Waals surface area contributed by atoms with Crippen LogP contribution in [0.15, 0.2) is 0 Å². The first-order valence-electron chi connectivity index (χ1n) is 5.93. The first-order valence-corrected chi connectivity index (χ1v) is 5.93. The summed E-state index contributed by atoms with van der Waals surface area (Å²) < 4.78 is 0. The summed E-state index contributed by atoms with van der Waals surface area (Å²) in [4.78, 5) is 0. The summed E-state index contributed by atoms with van der Waals surface area (Å²) in [5.41, 5.74) is 5.53. The Morgan fingerprint density at radius 3 is 2.43 bits per heavy atom. The number of aliphatic hydroxyl groups is 1. The normalized spacial score (nSPS) is 31.5. The fraction of sp³-hybridized carbons (Fsp3) is 1.00. The third-order valence-corrected chi connectivity index (χ3v) is 3.66. The van der Waals surface area contributed by atoms with Crippen molar-refractivity contribution in [2.24, 2.45) is 17.6 Å². The van der Waals surface area contributed by atoms with E-state index in [1.165, 1.54) is 25.7 Å². The molecule has 0 radical (unpaired) electrons. The van der Waals surface area contributed by atoms with E-state index < -0.39 is 5.54 Å². The predicted molar refractivity (Wildman–Crippen MR) is 60.0 cm³/mol. The molecule has 3 N–H and O–H groups in total. The molecule has 2 nitrogen and oxygen atoms in total. The van der Waals surface area contributed by atoms with Gasteiger partial charge in [0.2, 0.25) is 0 Å². The van der Waals surface area contributed by atoms with E-state index >= 15 is 0 Å². The van der Waals surface area contributed by atoms with Gasteiger partial charge in [-0.05, 0) is 32.1 Å². The van der Waals surface area contributed by atoms with Crippen LogP contribution < -0.4 is 5.73 Å². The Morgan fingerprint density at radius 2 is 1.93 bits per heavy atom. The Balaban J connectivity index is 2.63. The second-order valence-corrected chi connectivity index (χ2v) is 5.38. The summed E-state index contributed by atoms with van der Waals surface area (Å²) in [5.74, 6) is 1.11. The van der Waals surface area contributed by atoms with E-state index in [0.717, 1.165) is 6.42 Å². The molecule has 1 saturated carbocycles. The second kappa shape index (κ2) is 4.63. The molecule has 1 rings (SSSR count). The van der Waals surface area contributed by atoms with Gasteiger partial charge in [-0.2, -0.15) is 0 Å². The van der Waals surface area contributed by atoms with Crippen LogP contribution in [0.5, 0.6) is 0 Å². The van der Waals surface area contributed by atoms with Gasteiger partial charge in [-0.15, -0.1) is 0 Å². The minimum Gasteiger partial charge on any atom is -0.391 e. The van der Waals surface area contributed by atoms with Gasteiger partial charge in [0.05, 0.1) is 6.10 Å². The largest absolute Gasteiger partial charge is 0.391 e. The zero-order valence-corrected chi connectivity index (χ0v) is 9.79. The topological polar surface area (TPSA) is 46.2 Å². The van der Waals surface area contributed by atoms with Gasteiger partial charge in [0.25, 0.3) is 0 Å². The van der Waals surface area contributed by atoms with Crippen molar-refractivity contribution in [3.63, 3.8) is 0 Å². The first kappa shape index (κ1) is 12.0. The maximum Gasteiger partial charge on any atom is 0.0744 e. The number of nitrogens with two attached hydrogens (primary N) is 1. The lowest BCUT2D eigenvalue weighted by Crippen LogP contribution is -2.51. The molecule has 0 aromatic rings. The zero-order valence-electron chi connectivity index (χ0n) is 9.79. The molecular formula is C12H25NO. The molecule has 0 aliphatic heterocycles. The smallest absolute Gasteiger partial charge is 0.0744 e. The number of aliphatic hydroxyl groups excluding tert-OH is 1. The monoisotopic (exact) mass is 199 g/mol. The summed E-state index contributed by atoms with van der Waals surface area (Å²) in [6.45, 7) is 6.08. The summed E-state index contributed by atoms with van der Waals surface area (Å²) in [5, 5.41) is 10.2. The SMILES string of the molecule is CCC1CCCCC1C(O)C(C)(C)N. The van der Waals surface area contributed by atoms with Crippen LogP contribution in [0.4, 0.5) is 0 Å². The first-order chi connectivity index (χ1) is 6.46. The Hall–Kier alpha value is -0.0800. The molecule has 0 amide bonds. The van der Waals surface area contributed by atoms with Gasteiger partial charge >= 0.3 is 0 Å². The highest BCUT2D eigenvalue weighted by Gasteiger charge is 2.36. The van der Waals surface area contributed by atoms with Crippen molar-refractivity contribution < 1.29 is 5.11 Å². The van der Waals surface area contributed by atoms with Crippen molar-refractivity contribution in [1.29, 1.82) is 0 Å². The summed E-state index contributed by atoms with van der Waals surface area (Å²) in [7, 11) is 0. The van der Waals surface area contributed by atoms with Gasteiger partial charge < -0.3 is 10.8 Å². The fourth-order valence-corrected chi connectivity index (χ4v) is 2.71. The van der Waals surface area contributed by atoms with Crippen molar-refractivity contribution in [3.05, 3.63) is 0 Å². The highest BCUT2D eigenvalue weighted by Crippen LogP contribution is 2.36. The molecule has 14 heavy (non-hydrogen) atoms. The molecule has 0 saturated heterocycles. The third-order valence-electron chi connectivity index (χ3n) is 3.66. The third kappa shape index (κ3) is 2.71. The van der Waals surface area contributed by atoms with E-state index in [0.29, 0.717) is 11.8 Å². The molecule has 1 aliphatic carbocycles. The van der Waals surface area contributed by atoms with E-state index in [2.05, 4.69) is 6.92 Å². The molecule has 84 valence electrons. The Kier molecular flexibility index (Phi) is 3.96. The molecule has 1 aliphatic rings. The van der Waals surface area contributed by atoms with E-state index in [1.807, 2.05) is 13.8 Å². The molecule has 3 atom stereocenters. The van der Waals surface area contributed by atoms with Crippen LogP contribution in [0.25, 0.3) is 0 Å². The van der Waals surface area contributed by atoms with E-state index in [9.17, 15) is 5.11 Å². The number of rotatable bonds is 3. The molecule has 1 fully saturated rings. The summed E-state index contributed by atoms with van der Waals surface area (Å²) >= 11 is 0. The van der Waals surface area contributed by atoms with Crippen LogP contribution in [-0.2, 0) is 0 Å². The number of hydrogen-bond acceptors (Lipinski definition) is 2. The lowest BCUT2D eigenvalue weighted by atomic mass is 9.71. The average molecular weight is 199 g/mol. The molecule has 2 heteroatoms. The second-order valence-electron chi connectivity index (χ2n) is 5.38. The molecular weight excluding hydrogens is 174 g/mol. The lowest BCUT2D eigenvalue weighted by Gasteiger charge is -2.40. The van der Waals surface area contributed by atoms with E-state index in [-0.39, 0.29) is 6.10 Å². The molecule has 0 aromatic carbocycles. The minimum absolute atomic E-state index is 0.340. The van der Waals surface area contributed by atoms with Crippen LogP contribution in [-0.4, -0.2) is 16.7 Å². The fourth-order valence-electron chi connectivity index (χ4n) is 2.71. The lowest BCUT2D eigenvalue weighted by molar-refractivity contribution is 0.00152. The standard InChI is InChI=1S/C12H25NO/c1-4-9-7-5-6-8-10(9)11(14)12(2,3)13/h9-11,14H,4-8,13H2,1-3H3. The van der Waals surface area contributed by atoms with Crippen LogP contribution in [0.2, 0.25) is 0 Å². The summed E-state index contributed by atoms with van der Waals surface area (Å²) in [6.07, 6.45) is 5.85. The maximum absolute atomic E-state index is 10.2. The zero-order chi connectivity index (χ0) is 10.8. The van der Waals surface area contributed by atoms with Crippen LogP contribution in [0.3, 0.4) is 0 Å². The van der Waals surface area contributed by atoms with Crippen molar-refractivity contribution in [2.75, 3.05) is 0 Å². The molecule has 0 heterocycles. The molecule has 0 aromatic heterocycles. The van der Waals surface area contributed by atoms with Gasteiger partial charge in [-0.3, -0.25) is 0 Å². The van der Waals surface area contributed by atoms with E-state index in [1.54, 1.807) is 0 Å². The maximum atomic E-state index is 10.2. The van der Waals surface area contributed by atoms with Crippen molar-refractivity contribution >= 4 is 0 Å². The van der Waals surface area contributed by atoms with Crippen molar-refractivity contribution in [1.82, 2.24) is 0 Å². The van der Waals surface area contributed by atoms with Crippen molar-refractivity contribution in [2.45, 2.75) is 64.5 Å². The quantitative estimate of drug-likeness (QED) is 0.732. The molecule has 0 bridgehead atoms. The van der Waals surface area contributed by atoms with Gasteiger partial charge in [-0.1, -0.05) is 32.6 Å². The van der Waals surface area contributed by atoms with Gasteiger partial charge in [-0.25, -0.2) is 0 Å². The Morgan fingerprint density at radius 1 is 1.36 bits per heavy atom. The highest BCUT2D eigenvalue weighted by molar-refractivity contribution is 4.91. The minimum atomic E-state index is -0.449. The average Bonchev–Trinajstić information content (AvgIpc) is 2.15. The van der Waals surface area contributed by atoms with Crippen LogP contribution >= 0.6 is 0 Å². The van der Waals surface area contributed by atoms with Crippen molar-refractivity contribution in [3.8, 4) is 0 Å². The van der Waals surface area contributed by atoms with Gasteiger partial charge in [0.15, 0.2) is 0 Å².